The van der Waals surface area contributed by atoms with Crippen LogP contribution in [0, 0.1) is 0 Å². The lowest BCUT2D eigenvalue weighted by molar-refractivity contribution is -0.0285. The third kappa shape index (κ3) is 41.2. The van der Waals surface area contributed by atoms with E-state index in [4.69, 9.17) is 61.6 Å². The van der Waals surface area contributed by atoms with E-state index >= 15 is 0 Å². The summed E-state index contributed by atoms with van der Waals surface area (Å²) in [5, 5.41) is 0. The van der Waals surface area contributed by atoms with Crippen molar-refractivity contribution in [3.8, 4) is 0 Å². The van der Waals surface area contributed by atoms with Gasteiger partial charge < -0.3 is 66.5 Å². The smallest absolute Gasteiger partial charge is 0.410 e. The lowest BCUT2D eigenvalue weighted by atomic mass is 10.2. The van der Waals surface area contributed by atoms with E-state index in [1.54, 1.807) is 7.05 Å². The van der Waals surface area contributed by atoms with Crippen molar-refractivity contribution in [1.82, 2.24) is 4.90 Å². The molecule has 0 aromatic rings. The topological polar surface area (TPSA) is 140 Å². The Kier molecular flexibility index (Phi) is 38.1. The van der Waals surface area contributed by atoms with E-state index in [0.29, 0.717) is 159 Å². The van der Waals surface area contributed by atoms with Gasteiger partial charge in [0.15, 0.2) is 0 Å². The molecule has 0 saturated heterocycles. The zero-order chi connectivity index (χ0) is 36.6. The number of carbonyl (C=O) groups is 1. The molecule has 0 aromatic heterocycles. The van der Waals surface area contributed by atoms with E-state index in [-0.39, 0.29) is 6.09 Å². The zero-order valence-electron chi connectivity index (χ0n) is 32.0. The molecule has 0 unspecified atom stereocenters. The van der Waals surface area contributed by atoms with Gasteiger partial charge in [-0.3, -0.25) is 0 Å². The first kappa shape index (κ1) is 48.8. The number of likely N-dealkylation sites (N-methyl/N-ethyl adjacent to an activating group) is 1. The first-order chi connectivity index (χ1) is 24.4. The molecular formula is C35H71NO14. The average molecular weight is 730 g/mol. The molecule has 15 heteroatoms. The Morgan fingerprint density at radius 3 is 0.880 bits per heavy atom. The molecule has 0 aliphatic heterocycles. The van der Waals surface area contributed by atoms with E-state index in [0.717, 1.165) is 13.0 Å². The standard InChI is InChI=1S/C35H71NO14/c1-6-7-8-10-38-12-14-40-16-18-42-20-22-44-24-26-46-28-30-48-32-33-49-31-29-47-27-25-45-23-21-43-19-17-41-15-13-39-11-9-36(5)34(37)50-35(2,3)4/h6-33H2,1-5H3. The summed E-state index contributed by atoms with van der Waals surface area (Å²) in [6, 6.07) is 0. The molecule has 0 heterocycles. The first-order valence-corrected chi connectivity index (χ1v) is 18.2. The Hall–Kier alpha value is -1.21. The molecule has 0 rings (SSSR count). The van der Waals surface area contributed by atoms with Crippen molar-refractivity contribution in [1.29, 1.82) is 0 Å². The molecule has 0 radical (unpaired) electrons. The monoisotopic (exact) mass is 729 g/mol. The highest BCUT2D eigenvalue weighted by atomic mass is 16.6. The summed E-state index contributed by atoms with van der Waals surface area (Å²) in [4.78, 5) is 13.4. The Balaban J connectivity index is 3.13. The van der Waals surface area contributed by atoms with E-state index in [9.17, 15) is 4.79 Å². The van der Waals surface area contributed by atoms with Crippen molar-refractivity contribution < 1.29 is 66.4 Å². The van der Waals surface area contributed by atoms with Crippen LogP contribution >= 0.6 is 0 Å². The second kappa shape index (κ2) is 39.0. The quantitative estimate of drug-likeness (QED) is 0.0853. The number of ether oxygens (including phenoxy) is 13. The van der Waals surface area contributed by atoms with Crippen molar-refractivity contribution in [3.05, 3.63) is 0 Å². The van der Waals surface area contributed by atoms with Crippen molar-refractivity contribution >= 4 is 6.09 Å². The van der Waals surface area contributed by atoms with Gasteiger partial charge in [-0.1, -0.05) is 19.8 Å². The minimum atomic E-state index is -0.510. The van der Waals surface area contributed by atoms with Crippen LogP contribution in [0.5, 0.6) is 0 Å². The van der Waals surface area contributed by atoms with Crippen LogP contribution in [0.15, 0.2) is 0 Å². The zero-order valence-corrected chi connectivity index (χ0v) is 32.0. The van der Waals surface area contributed by atoms with Gasteiger partial charge in [0.1, 0.15) is 5.60 Å². The van der Waals surface area contributed by atoms with Gasteiger partial charge in [0.25, 0.3) is 0 Å². The van der Waals surface area contributed by atoms with Gasteiger partial charge in [-0.25, -0.2) is 4.79 Å². The highest BCUT2D eigenvalue weighted by Gasteiger charge is 2.19. The number of unbranched alkanes of at least 4 members (excludes halogenated alkanes) is 2. The Labute approximate surface area is 302 Å². The van der Waals surface area contributed by atoms with E-state index in [1.807, 2.05) is 20.8 Å². The maximum atomic E-state index is 11.9. The molecule has 0 spiro atoms. The van der Waals surface area contributed by atoms with E-state index in [2.05, 4.69) is 6.92 Å². The highest BCUT2D eigenvalue weighted by molar-refractivity contribution is 5.67. The fourth-order valence-electron chi connectivity index (χ4n) is 3.61. The van der Waals surface area contributed by atoms with Gasteiger partial charge in [-0.15, -0.1) is 0 Å². The number of hydrogen-bond acceptors (Lipinski definition) is 14. The summed E-state index contributed by atoms with van der Waals surface area (Å²) in [6.45, 7) is 20.7. The van der Waals surface area contributed by atoms with Gasteiger partial charge in [0.2, 0.25) is 0 Å². The predicted octanol–water partition coefficient (Wildman–Crippen LogP) is 3.24. The molecule has 0 aliphatic carbocycles. The minimum absolute atomic E-state index is 0.364. The lowest BCUT2D eigenvalue weighted by Crippen LogP contribution is -2.36. The van der Waals surface area contributed by atoms with Gasteiger partial charge in [-0.05, 0) is 27.2 Å². The van der Waals surface area contributed by atoms with Crippen LogP contribution in [0.3, 0.4) is 0 Å². The third-order valence-electron chi connectivity index (χ3n) is 6.26. The molecule has 0 aliphatic rings. The number of amides is 1. The molecule has 0 N–H and O–H groups in total. The molecule has 0 saturated carbocycles. The average Bonchev–Trinajstić information content (AvgIpc) is 3.08. The predicted molar refractivity (Wildman–Crippen MR) is 188 cm³/mol. The molecule has 0 aromatic carbocycles. The summed E-state index contributed by atoms with van der Waals surface area (Å²) >= 11 is 0. The number of nitrogens with zero attached hydrogens (tertiary/aromatic N) is 1. The van der Waals surface area contributed by atoms with Crippen molar-refractivity contribution in [2.45, 2.75) is 52.6 Å². The summed E-state index contributed by atoms with van der Waals surface area (Å²) < 4.78 is 71.1. The molecule has 0 bridgehead atoms. The van der Waals surface area contributed by atoms with Crippen LogP contribution in [0.25, 0.3) is 0 Å². The summed E-state index contributed by atoms with van der Waals surface area (Å²) in [5.74, 6) is 0. The van der Waals surface area contributed by atoms with Crippen LogP contribution in [-0.4, -0.2) is 189 Å². The summed E-state index contributed by atoms with van der Waals surface area (Å²) in [7, 11) is 1.68. The third-order valence-corrected chi connectivity index (χ3v) is 6.26. The van der Waals surface area contributed by atoms with E-state index < -0.39 is 5.60 Å². The first-order valence-electron chi connectivity index (χ1n) is 18.2. The molecule has 0 fully saturated rings. The van der Waals surface area contributed by atoms with Gasteiger partial charge >= 0.3 is 6.09 Å². The minimum Gasteiger partial charge on any atom is -0.444 e. The van der Waals surface area contributed by atoms with Crippen molar-refractivity contribution in [2.75, 3.05) is 172 Å². The molecule has 300 valence electrons. The van der Waals surface area contributed by atoms with Crippen LogP contribution in [-0.2, 0) is 61.6 Å². The second-order valence-electron chi connectivity index (χ2n) is 12.0. The van der Waals surface area contributed by atoms with Crippen LogP contribution in [0.2, 0.25) is 0 Å². The second-order valence-corrected chi connectivity index (χ2v) is 12.0. The maximum absolute atomic E-state index is 11.9. The molecule has 15 nitrogen and oxygen atoms in total. The SMILES string of the molecule is CCCCCOCCOCCOCCOCCOCCOCCOCCOCCOCCOCCOCCOCCN(C)C(=O)OC(C)(C)C. The Bertz CT molecular complexity index is 686. The fraction of sp³-hybridized carbons (Fsp3) is 0.971. The molecular weight excluding hydrogens is 658 g/mol. The Morgan fingerprint density at radius 2 is 0.640 bits per heavy atom. The maximum Gasteiger partial charge on any atom is 0.410 e. The number of hydrogen-bond donors (Lipinski definition) is 0. The van der Waals surface area contributed by atoms with Crippen molar-refractivity contribution in [3.63, 3.8) is 0 Å². The number of rotatable bonds is 40. The van der Waals surface area contributed by atoms with Crippen LogP contribution < -0.4 is 0 Å². The van der Waals surface area contributed by atoms with Crippen molar-refractivity contribution in [2.24, 2.45) is 0 Å². The molecule has 0 atom stereocenters. The van der Waals surface area contributed by atoms with Gasteiger partial charge in [0, 0.05) is 20.2 Å². The largest absolute Gasteiger partial charge is 0.444 e. The van der Waals surface area contributed by atoms with Crippen LogP contribution in [0.4, 0.5) is 4.79 Å². The lowest BCUT2D eigenvalue weighted by Gasteiger charge is -2.24. The normalized spacial score (nSPS) is 11.8. The number of carbonyl (C=O) groups excluding carboxylic acids is 1. The fourth-order valence-corrected chi connectivity index (χ4v) is 3.61. The summed E-state index contributed by atoms with van der Waals surface area (Å²) in [5.41, 5.74) is -0.510. The molecule has 1 amide bonds. The van der Waals surface area contributed by atoms with Crippen LogP contribution in [0.1, 0.15) is 47.0 Å². The van der Waals surface area contributed by atoms with Gasteiger partial charge in [0.05, 0.1) is 152 Å². The van der Waals surface area contributed by atoms with E-state index in [1.165, 1.54) is 17.7 Å². The highest BCUT2D eigenvalue weighted by Crippen LogP contribution is 2.08. The summed E-state index contributed by atoms with van der Waals surface area (Å²) in [6.07, 6.45) is 3.17. The Morgan fingerprint density at radius 1 is 0.400 bits per heavy atom. The molecule has 50 heavy (non-hydrogen) atoms. The van der Waals surface area contributed by atoms with Gasteiger partial charge in [-0.2, -0.15) is 0 Å².